The number of rotatable bonds is 4. The first-order chi connectivity index (χ1) is 12.6. The van der Waals surface area contributed by atoms with Crippen molar-refractivity contribution in [2.24, 2.45) is 0 Å². The van der Waals surface area contributed by atoms with E-state index in [0.717, 1.165) is 29.0 Å². The third kappa shape index (κ3) is 5.11. The molecule has 0 spiro atoms. The molecular weight excluding hydrogens is 445 g/mol. The Kier molecular flexibility index (Phi) is 11.5. The zero-order valence-electron chi connectivity index (χ0n) is 17.2. The fourth-order valence-corrected chi connectivity index (χ4v) is 3.91. The summed E-state index contributed by atoms with van der Waals surface area (Å²) in [6.45, 7) is 8.11. The summed E-state index contributed by atoms with van der Waals surface area (Å²) in [5.41, 5.74) is 2.11. The number of hydrogen-bond acceptors (Lipinski definition) is 4. The van der Waals surface area contributed by atoms with E-state index in [9.17, 15) is 9.90 Å². The van der Waals surface area contributed by atoms with Gasteiger partial charge < -0.3 is 12.5 Å². The number of benzene rings is 1. The van der Waals surface area contributed by atoms with Gasteiger partial charge in [-0.15, -0.1) is 17.8 Å². The number of hydrogen-bond donors (Lipinski definition) is 1. The van der Waals surface area contributed by atoms with Crippen LogP contribution >= 0.6 is 11.3 Å². The van der Waals surface area contributed by atoms with Gasteiger partial charge in [-0.1, -0.05) is 51.0 Å². The van der Waals surface area contributed by atoms with Crippen LogP contribution in [0.25, 0.3) is 21.5 Å². The zero-order chi connectivity index (χ0) is 19.3. The molecule has 2 aromatic heterocycles. The van der Waals surface area contributed by atoms with Crippen molar-refractivity contribution < 1.29 is 37.8 Å². The first kappa shape index (κ1) is 26.5. The third-order valence-electron chi connectivity index (χ3n) is 3.95. The van der Waals surface area contributed by atoms with E-state index in [1.54, 1.807) is 0 Å². The van der Waals surface area contributed by atoms with Gasteiger partial charge in [-0.25, -0.2) is 4.98 Å². The molecule has 1 radical (unpaired) electrons. The Bertz CT molecular complexity index is 1020. The number of aromatic nitrogens is 2. The van der Waals surface area contributed by atoms with Gasteiger partial charge in [-0.05, 0) is 30.9 Å². The van der Waals surface area contributed by atoms with Crippen LogP contribution in [0.15, 0.2) is 29.1 Å². The van der Waals surface area contributed by atoms with Gasteiger partial charge in [0.2, 0.25) is 0 Å². The number of terminal acetylenes is 1. The van der Waals surface area contributed by atoms with Crippen molar-refractivity contribution in [2.45, 2.75) is 47.1 Å². The molecule has 1 aromatic carbocycles. The van der Waals surface area contributed by atoms with Gasteiger partial charge >= 0.3 is 0 Å². The molecule has 2 heterocycles. The van der Waals surface area contributed by atoms with Crippen LogP contribution in [0, 0.1) is 26.7 Å². The maximum atomic E-state index is 13.0. The van der Waals surface area contributed by atoms with Gasteiger partial charge in [0.25, 0.3) is 5.56 Å². The van der Waals surface area contributed by atoms with E-state index in [0.29, 0.717) is 15.9 Å². The van der Waals surface area contributed by atoms with Crippen molar-refractivity contribution in [3.05, 3.63) is 52.6 Å². The molecular formula is C22H27N2O2SY-. The van der Waals surface area contributed by atoms with Crippen LogP contribution in [0.4, 0.5) is 0 Å². The van der Waals surface area contributed by atoms with Crippen LogP contribution in [0.3, 0.4) is 0 Å². The van der Waals surface area contributed by atoms with E-state index in [1.165, 1.54) is 15.9 Å². The van der Waals surface area contributed by atoms with Crippen LogP contribution in [-0.2, 0) is 45.7 Å². The molecule has 3 rings (SSSR count). The second kappa shape index (κ2) is 12.2. The van der Waals surface area contributed by atoms with E-state index >= 15 is 0 Å². The Morgan fingerprint density at radius 1 is 1.29 bits per heavy atom. The molecule has 6 heteroatoms. The summed E-state index contributed by atoms with van der Waals surface area (Å²) in [6.07, 6.45) is 7.20. The van der Waals surface area contributed by atoms with E-state index in [-0.39, 0.29) is 58.0 Å². The normalized spacial score (nSPS) is 9.54. The Morgan fingerprint density at radius 2 is 1.93 bits per heavy atom. The van der Waals surface area contributed by atoms with Gasteiger partial charge in [0, 0.05) is 32.7 Å². The Morgan fingerprint density at radius 3 is 2.50 bits per heavy atom. The summed E-state index contributed by atoms with van der Waals surface area (Å²) in [5.74, 6) is 2.51. The first-order valence-electron chi connectivity index (χ1n) is 8.83. The van der Waals surface area contributed by atoms with Crippen molar-refractivity contribution in [2.75, 3.05) is 0 Å². The molecule has 28 heavy (non-hydrogen) atoms. The Labute approximate surface area is 196 Å². The Balaban J connectivity index is 0.00000177. The molecule has 1 N–H and O–H groups in total. The van der Waals surface area contributed by atoms with Crippen LogP contribution < -0.4 is 5.56 Å². The summed E-state index contributed by atoms with van der Waals surface area (Å²) in [6, 6.07) is 7.51. The van der Waals surface area contributed by atoms with E-state index in [2.05, 4.69) is 17.8 Å². The minimum absolute atomic E-state index is 0. The second-order valence-corrected chi connectivity index (χ2v) is 6.73. The molecule has 0 aliphatic heterocycles. The number of fused-ring (bicyclic) bond motifs is 1. The second-order valence-electron chi connectivity index (χ2n) is 5.64. The molecule has 0 saturated heterocycles. The SMILES string of the molecule is C#CCn1c(=O)c(-c2ccccc2C)c(O)c2sc(CCC)nc21.CC.[CH3-].[Y]. The quantitative estimate of drug-likeness (QED) is 0.420. The minimum atomic E-state index is -0.305. The maximum absolute atomic E-state index is 13.0. The minimum Gasteiger partial charge on any atom is -0.505 e. The number of pyridine rings is 1. The van der Waals surface area contributed by atoms with Gasteiger partial charge in [-0.3, -0.25) is 9.36 Å². The monoisotopic (exact) mass is 472 g/mol. The van der Waals surface area contributed by atoms with Crippen LogP contribution in [0.5, 0.6) is 5.75 Å². The molecule has 4 nitrogen and oxygen atoms in total. The fourth-order valence-electron chi connectivity index (χ4n) is 2.79. The van der Waals surface area contributed by atoms with Gasteiger partial charge in [0.15, 0.2) is 5.65 Å². The van der Waals surface area contributed by atoms with Gasteiger partial charge in [-0.2, -0.15) is 0 Å². The summed E-state index contributed by atoms with van der Waals surface area (Å²) in [7, 11) is 0. The number of thiazole rings is 1. The van der Waals surface area contributed by atoms with Gasteiger partial charge in [0.1, 0.15) is 10.4 Å². The first-order valence-corrected chi connectivity index (χ1v) is 9.64. The average molecular weight is 472 g/mol. The number of aryl methyl sites for hydroxylation is 2. The van der Waals surface area contributed by atoms with E-state index in [4.69, 9.17) is 6.42 Å². The van der Waals surface area contributed by atoms with Crippen LogP contribution in [0.2, 0.25) is 0 Å². The molecule has 0 amide bonds. The van der Waals surface area contributed by atoms with Crippen molar-refractivity contribution in [3.63, 3.8) is 0 Å². The predicted molar refractivity (Wildman–Crippen MR) is 116 cm³/mol. The van der Waals surface area contributed by atoms with Crippen molar-refractivity contribution in [1.29, 1.82) is 0 Å². The van der Waals surface area contributed by atoms with E-state index in [1.807, 2.05) is 45.0 Å². The van der Waals surface area contributed by atoms with Crippen molar-refractivity contribution in [1.82, 2.24) is 9.55 Å². The van der Waals surface area contributed by atoms with Gasteiger partial charge in [0.05, 0.1) is 17.1 Å². The third-order valence-corrected chi connectivity index (χ3v) is 5.06. The molecule has 0 fully saturated rings. The van der Waals surface area contributed by atoms with E-state index < -0.39 is 0 Å². The molecule has 0 aliphatic rings. The Hall–Kier alpha value is -1.48. The van der Waals surface area contributed by atoms with Crippen LogP contribution in [-0.4, -0.2) is 14.7 Å². The molecule has 0 bridgehead atoms. The molecule has 147 valence electrons. The van der Waals surface area contributed by atoms with Crippen molar-refractivity contribution in [3.8, 4) is 29.2 Å². The fraction of sp³-hybridized carbons (Fsp3) is 0.318. The van der Waals surface area contributed by atoms with Crippen molar-refractivity contribution >= 4 is 21.7 Å². The molecule has 0 unspecified atom stereocenters. The summed E-state index contributed by atoms with van der Waals surface area (Å²) in [5, 5.41) is 11.7. The molecule has 0 atom stereocenters. The largest absolute Gasteiger partial charge is 0.505 e. The maximum Gasteiger partial charge on any atom is 0.264 e. The smallest absolute Gasteiger partial charge is 0.264 e. The molecule has 0 saturated carbocycles. The standard InChI is InChI=1S/C19H18N2O2S.C2H6.CH3.Y/c1-4-8-14-20-18-17(24-14)16(22)15(19(23)21(18)11-5-2)13-10-7-6-9-12(13)3;1-2;;/h2,6-7,9-10,22H,4,8,11H2,1,3H3;1-2H3;1H3;/q;;-1;. The topological polar surface area (TPSA) is 55.1 Å². The van der Waals surface area contributed by atoms with Crippen LogP contribution in [0.1, 0.15) is 37.8 Å². The average Bonchev–Trinajstić information content (AvgIpc) is 3.06. The summed E-state index contributed by atoms with van der Waals surface area (Å²) < 4.78 is 2.10. The predicted octanol–water partition coefficient (Wildman–Crippen LogP) is 5.20. The molecule has 3 aromatic rings. The summed E-state index contributed by atoms with van der Waals surface area (Å²) >= 11 is 1.42. The summed E-state index contributed by atoms with van der Waals surface area (Å²) in [4.78, 5) is 17.5. The zero-order valence-corrected chi connectivity index (χ0v) is 20.9. The number of nitrogens with zero attached hydrogens (tertiary/aromatic N) is 2. The number of aromatic hydroxyl groups is 1. The molecule has 0 aliphatic carbocycles.